The zero-order chi connectivity index (χ0) is 31.5. The fourth-order valence-corrected chi connectivity index (χ4v) is 5.85. The molecule has 1 aliphatic rings. The molecule has 1 aromatic heterocycles. The number of aromatic nitrogens is 2. The summed E-state index contributed by atoms with van der Waals surface area (Å²) >= 11 is 0. The van der Waals surface area contributed by atoms with Gasteiger partial charge in [0.25, 0.3) is 0 Å². The fraction of sp³-hybridized carbons (Fsp3) is 0.344. The van der Waals surface area contributed by atoms with Crippen LogP contribution in [0.5, 0.6) is 0 Å². The zero-order valence-corrected chi connectivity index (χ0v) is 23.9. The molecule has 0 aliphatic carbocycles. The van der Waals surface area contributed by atoms with E-state index in [0.29, 0.717) is 30.2 Å². The molecule has 4 aromatic rings. The van der Waals surface area contributed by atoms with Gasteiger partial charge in [0.1, 0.15) is 11.6 Å². The van der Waals surface area contributed by atoms with E-state index in [-0.39, 0.29) is 36.0 Å². The largest absolute Gasteiger partial charge is 0.416 e. The molecule has 11 heteroatoms. The van der Waals surface area contributed by atoms with Gasteiger partial charge in [0.15, 0.2) is 0 Å². The number of para-hydroxylation sites is 1. The standard InChI is InChI=1S/C32H29F8N3/c1-5-18-8-7-9-19(6-2)27(18)43-28(23-15-22(33)12-13-26(23)34)24-17-42(30(3,4)29(24)41-43)16-20-10-11-21(31(35,36)37)14-25(20)32(38,39)40/h7-15H,5-6,16-17H2,1-4H3. The van der Waals surface area contributed by atoms with Gasteiger partial charge in [-0.25, -0.2) is 13.5 Å². The van der Waals surface area contributed by atoms with Gasteiger partial charge in [0.05, 0.1) is 33.7 Å². The number of hydrogen-bond donors (Lipinski definition) is 0. The lowest BCUT2D eigenvalue weighted by Gasteiger charge is -2.33. The highest BCUT2D eigenvalue weighted by molar-refractivity contribution is 5.70. The molecular formula is C32H29F8N3. The third-order valence-corrected chi connectivity index (χ3v) is 8.17. The van der Waals surface area contributed by atoms with Crippen molar-refractivity contribution >= 4 is 0 Å². The normalized spacial score (nSPS) is 15.3. The van der Waals surface area contributed by atoms with Crippen molar-refractivity contribution in [1.29, 1.82) is 0 Å². The Morgan fingerprint density at radius 2 is 1.47 bits per heavy atom. The monoisotopic (exact) mass is 607 g/mol. The maximum absolute atomic E-state index is 15.4. The molecule has 0 bridgehead atoms. The van der Waals surface area contributed by atoms with Crippen molar-refractivity contribution in [2.75, 3.05) is 0 Å². The first-order valence-electron chi connectivity index (χ1n) is 13.8. The van der Waals surface area contributed by atoms with Gasteiger partial charge in [-0.2, -0.15) is 31.4 Å². The summed E-state index contributed by atoms with van der Waals surface area (Å²) in [6.07, 6.45) is -8.72. The van der Waals surface area contributed by atoms with Crippen LogP contribution in [0.1, 0.15) is 66.8 Å². The third kappa shape index (κ3) is 5.43. The molecule has 3 aromatic carbocycles. The van der Waals surface area contributed by atoms with Crippen molar-refractivity contribution in [3.63, 3.8) is 0 Å². The van der Waals surface area contributed by atoms with Crippen LogP contribution in [0.15, 0.2) is 54.6 Å². The van der Waals surface area contributed by atoms with E-state index in [1.807, 2.05) is 32.0 Å². The Balaban J connectivity index is 1.69. The van der Waals surface area contributed by atoms with Gasteiger partial charge < -0.3 is 0 Å². The van der Waals surface area contributed by atoms with Gasteiger partial charge in [-0.05, 0) is 73.7 Å². The number of aryl methyl sites for hydroxylation is 2. The quantitative estimate of drug-likeness (QED) is 0.204. The van der Waals surface area contributed by atoms with Gasteiger partial charge in [-0.3, -0.25) is 4.90 Å². The molecule has 5 rings (SSSR count). The molecule has 3 nitrogen and oxygen atoms in total. The lowest BCUT2D eigenvalue weighted by atomic mass is 9.97. The van der Waals surface area contributed by atoms with Gasteiger partial charge in [-0.15, -0.1) is 0 Å². The molecule has 228 valence electrons. The average Bonchev–Trinajstić information content (AvgIpc) is 3.42. The highest BCUT2D eigenvalue weighted by Gasteiger charge is 2.45. The molecule has 2 heterocycles. The van der Waals surface area contributed by atoms with Crippen molar-refractivity contribution in [2.24, 2.45) is 0 Å². The second-order valence-corrected chi connectivity index (χ2v) is 11.1. The van der Waals surface area contributed by atoms with Crippen LogP contribution in [0.3, 0.4) is 0 Å². The predicted octanol–water partition coefficient (Wildman–Crippen LogP) is 9.23. The van der Waals surface area contributed by atoms with Crippen molar-refractivity contribution in [1.82, 2.24) is 14.7 Å². The van der Waals surface area contributed by atoms with Crippen molar-refractivity contribution in [3.05, 3.63) is 105 Å². The van der Waals surface area contributed by atoms with Crippen LogP contribution in [0.25, 0.3) is 16.9 Å². The first kappa shape index (κ1) is 30.7. The summed E-state index contributed by atoms with van der Waals surface area (Å²) in [5.41, 5.74) is -0.366. The molecular weight excluding hydrogens is 578 g/mol. The topological polar surface area (TPSA) is 21.1 Å². The number of benzene rings is 3. The van der Waals surface area contributed by atoms with Crippen molar-refractivity contribution in [3.8, 4) is 16.9 Å². The summed E-state index contributed by atoms with van der Waals surface area (Å²) in [5, 5.41) is 4.90. The minimum Gasteiger partial charge on any atom is -0.284 e. The lowest BCUT2D eigenvalue weighted by Crippen LogP contribution is -2.36. The molecule has 0 spiro atoms. The third-order valence-electron chi connectivity index (χ3n) is 8.17. The van der Waals surface area contributed by atoms with Crippen molar-refractivity contribution < 1.29 is 35.1 Å². The molecule has 0 N–H and O–H groups in total. The average molecular weight is 608 g/mol. The number of fused-ring (bicyclic) bond motifs is 1. The molecule has 1 aliphatic heterocycles. The van der Waals surface area contributed by atoms with E-state index in [9.17, 15) is 30.7 Å². The summed E-state index contributed by atoms with van der Waals surface area (Å²) in [5.74, 6) is -1.37. The van der Waals surface area contributed by atoms with Gasteiger partial charge in [0.2, 0.25) is 0 Å². The van der Waals surface area contributed by atoms with E-state index in [4.69, 9.17) is 5.10 Å². The van der Waals surface area contributed by atoms with Crippen LogP contribution in [0.4, 0.5) is 35.1 Å². The van der Waals surface area contributed by atoms with Gasteiger partial charge in [0, 0.05) is 24.2 Å². The first-order valence-corrected chi connectivity index (χ1v) is 13.8. The van der Waals surface area contributed by atoms with Crippen LogP contribution in [0.2, 0.25) is 0 Å². The second kappa shape index (κ2) is 10.8. The van der Waals surface area contributed by atoms with E-state index in [1.54, 1.807) is 23.4 Å². The Morgan fingerprint density at radius 1 is 0.814 bits per heavy atom. The summed E-state index contributed by atoms with van der Waals surface area (Å²) < 4.78 is 113. The predicted molar refractivity (Wildman–Crippen MR) is 146 cm³/mol. The van der Waals surface area contributed by atoms with Crippen LogP contribution in [-0.4, -0.2) is 14.7 Å². The van der Waals surface area contributed by atoms with E-state index in [0.717, 1.165) is 41.1 Å². The number of hydrogen-bond acceptors (Lipinski definition) is 2. The minimum absolute atomic E-state index is 0.00168. The number of rotatable bonds is 6. The van der Waals surface area contributed by atoms with E-state index in [1.165, 1.54) is 0 Å². The van der Waals surface area contributed by atoms with E-state index < -0.39 is 40.7 Å². The van der Waals surface area contributed by atoms with Crippen LogP contribution < -0.4 is 0 Å². The Morgan fingerprint density at radius 3 is 2.05 bits per heavy atom. The molecule has 0 radical (unpaired) electrons. The highest BCUT2D eigenvalue weighted by Crippen LogP contribution is 2.47. The molecule has 0 saturated carbocycles. The number of nitrogens with zero attached hydrogens (tertiary/aromatic N) is 3. The molecule has 0 fully saturated rings. The van der Waals surface area contributed by atoms with Gasteiger partial charge >= 0.3 is 12.4 Å². The van der Waals surface area contributed by atoms with E-state index in [2.05, 4.69) is 0 Å². The van der Waals surface area contributed by atoms with Crippen LogP contribution >= 0.6 is 0 Å². The fourth-order valence-electron chi connectivity index (χ4n) is 5.85. The van der Waals surface area contributed by atoms with Gasteiger partial charge in [-0.1, -0.05) is 38.1 Å². The summed E-state index contributed by atoms with van der Waals surface area (Å²) in [7, 11) is 0. The highest BCUT2D eigenvalue weighted by atomic mass is 19.4. The van der Waals surface area contributed by atoms with Crippen LogP contribution in [0, 0.1) is 11.6 Å². The Hall–Kier alpha value is -3.73. The molecule has 0 amide bonds. The summed E-state index contributed by atoms with van der Waals surface area (Å²) in [4.78, 5) is 1.65. The maximum Gasteiger partial charge on any atom is 0.416 e. The summed E-state index contributed by atoms with van der Waals surface area (Å²) in [6.45, 7) is 7.06. The Bertz CT molecular complexity index is 1660. The first-order chi connectivity index (χ1) is 20.1. The molecule has 0 saturated heterocycles. The summed E-state index contributed by atoms with van der Waals surface area (Å²) in [6, 6.07) is 10.4. The smallest absolute Gasteiger partial charge is 0.284 e. The number of alkyl halides is 6. The molecule has 43 heavy (non-hydrogen) atoms. The SMILES string of the molecule is CCc1cccc(CC)c1-n1nc2c(c1-c1cc(F)ccc1F)CN(Cc1ccc(C(F)(F)F)cc1C(F)(F)F)C2(C)C. The minimum atomic E-state index is -5.03. The Labute approximate surface area is 243 Å². The number of halogens is 8. The van der Waals surface area contributed by atoms with E-state index >= 15 is 4.39 Å². The van der Waals surface area contributed by atoms with Crippen LogP contribution in [-0.2, 0) is 43.8 Å². The molecule has 0 unspecified atom stereocenters. The Kier molecular flexibility index (Phi) is 7.69. The second-order valence-electron chi connectivity index (χ2n) is 11.1. The van der Waals surface area contributed by atoms with Crippen molar-refractivity contribution in [2.45, 2.75) is 71.5 Å². The maximum atomic E-state index is 15.4. The molecule has 0 atom stereocenters. The lowest BCUT2D eigenvalue weighted by molar-refractivity contribution is -0.143. The zero-order valence-electron chi connectivity index (χ0n) is 23.9.